The lowest BCUT2D eigenvalue weighted by atomic mass is 9.94. The highest BCUT2D eigenvalue weighted by Gasteiger charge is 2.48. The first-order valence-corrected chi connectivity index (χ1v) is 28.5. The van der Waals surface area contributed by atoms with Gasteiger partial charge in [-0.05, 0) is 98.2 Å². The molecule has 2 aliphatic rings. The zero-order valence-corrected chi connectivity index (χ0v) is 44.1. The van der Waals surface area contributed by atoms with Crippen molar-refractivity contribution in [2.24, 2.45) is 0 Å². The van der Waals surface area contributed by atoms with Crippen LogP contribution in [0.2, 0.25) is 25.7 Å². The van der Waals surface area contributed by atoms with Gasteiger partial charge in [-0.15, -0.1) is 0 Å². The van der Waals surface area contributed by atoms with Crippen molar-refractivity contribution >= 4 is 35.2 Å². The number of allylic oxidation sites excluding steroid dienone is 4. The van der Waals surface area contributed by atoms with E-state index in [9.17, 15) is 44.1 Å². The number of nitriles is 3. The van der Waals surface area contributed by atoms with E-state index < -0.39 is 45.5 Å². The molecular formula is C47H67N3O14P2Si. The van der Waals surface area contributed by atoms with Crippen molar-refractivity contribution in [1.29, 1.82) is 15.8 Å². The van der Waals surface area contributed by atoms with Crippen molar-refractivity contribution in [2.45, 2.75) is 137 Å². The predicted octanol–water partition coefficient (Wildman–Crippen LogP) is 10.1. The molecule has 2 aromatic rings. The minimum Gasteiger partial charge on any atom is -0.507 e. The molecule has 20 heteroatoms. The number of methoxy groups -OCH3 is 2. The molecule has 0 saturated carbocycles. The molecule has 368 valence electrons. The maximum atomic E-state index is 13.5. The zero-order valence-electron chi connectivity index (χ0n) is 41.3. The lowest BCUT2D eigenvalue weighted by molar-refractivity contribution is 0.0523. The fraction of sp³-hybridized carbons (Fsp3) is 0.553. The normalized spacial score (nSPS) is 15.3. The third kappa shape index (κ3) is 13.8. The number of rotatable bonds is 20. The molecule has 67 heavy (non-hydrogen) atoms. The Morgan fingerprint density at radius 3 is 1.61 bits per heavy atom. The van der Waals surface area contributed by atoms with Gasteiger partial charge in [0, 0.05) is 37.3 Å². The minimum atomic E-state index is -4.63. The number of carbonyl (C=O) groups is 2. The van der Waals surface area contributed by atoms with Crippen LogP contribution in [0, 0.1) is 47.8 Å². The summed E-state index contributed by atoms with van der Waals surface area (Å²) < 4.78 is 63.8. The molecule has 0 spiro atoms. The monoisotopic (exact) mass is 987 g/mol. The lowest BCUT2D eigenvalue weighted by Gasteiger charge is -2.30. The summed E-state index contributed by atoms with van der Waals surface area (Å²) >= 11 is 0. The molecule has 0 amide bonds. The van der Waals surface area contributed by atoms with Crippen LogP contribution in [0.3, 0.4) is 0 Å². The average molecular weight is 988 g/mol. The van der Waals surface area contributed by atoms with Crippen molar-refractivity contribution in [3.8, 4) is 41.2 Å². The first kappa shape index (κ1) is 58.2. The van der Waals surface area contributed by atoms with Gasteiger partial charge in [0.25, 0.3) is 0 Å². The molecule has 2 aliphatic heterocycles. The number of esters is 2. The summed E-state index contributed by atoms with van der Waals surface area (Å²) in [6, 6.07) is 6.56. The van der Waals surface area contributed by atoms with Crippen LogP contribution in [0.25, 0.3) is 0 Å². The van der Waals surface area contributed by atoms with Crippen LogP contribution < -0.4 is 14.2 Å². The Hall–Kier alpha value is -4.95. The summed E-state index contributed by atoms with van der Waals surface area (Å²) in [5, 5.41) is 33.8. The van der Waals surface area contributed by atoms with E-state index in [2.05, 4.69) is 25.7 Å². The summed E-state index contributed by atoms with van der Waals surface area (Å²) in [5.41, 5.74) is 6.02. The number of phenolic OH excluding ortho intramolecular Hbond substituents is 1. The highest BCUT2D eigenvalue weighted by molar-refractivity contribution is 7.56. The van der Waals surface area contributed by atoms with Crippen molar-refractivity contribution in [3.63, 3.8) is 0 Å². The molecule has 0 saturated heterocycles. The molecule has 2 unspecified atom stereocenters. The van der Waals surface area contributed by atoms with Crippen molar-refractivity contribution in [2.75, 3.05) is 34.0 Å². The molecule has 0 radical (unpaired) electrons. The quantitative estimate of drug-likeness (QED) is 0.0482. The third-order valence-corrected chi connectivity index (χ3v) is 17.2. The number of phenols is 1. The summed E-state index contributed by atoms with van der Waals surface area (Å²) in [5.74, 6) is 0.357. The summed E-state index contributed by atoms with van der Waals surface area (Å²) in [6.07, 6.45) is 4.21. The van der Waals surface area contributed by atoms with Crippen molar-refractivity contribution < 1.29 is 66.3 Å². The van der Waals surface area contributed by atoms with Gasteiger partial charge < -0.3 is 47.6 Å². The van der Waals surface area contributed by atoms with E-state index >= 15 is 0 Å². The van der Waals surface area contributed by atoms with Crippen LogP contribution >= 0.6 is 15.2 Å². The maximum Gasteiger partial charge on any atom is 0.350 e. The minimum absolute atomic E-state index is 0.0713. The van der Waals surface area contributed by atoms with Crippen LogP contribution in [0.15, 0.2) is 23.3 Å². The van der Waals surface area contributed by atoms with Gasteiger partial charge >= 0.3 is 27.1 Å². The van der Waals surface area contributed by atoms with Crippen LogP contribution in [0.1, 0.15) is 115 Å². The first-order valence-electron chi connectivity index (χ1n) is 21.7. The van der Waals surface area contributed by atoms with Gasteiger partial charge in [-0.25, -0.2) is 9.59 Å². The third-order valence-electron chi connectivity index (χ3n) is 11.3. The number of hydrogen-bond donors (Lipinski definition) is 3. The second-order valence-electron chi connectivity index (χ2n) is 17.7. The van der Waals surface area contributed by atoms with Gasteiger partial charge in [0.1, 0.15) is 47.3 Å². The molecule has 2 atom stereocenters. The SMILES string of the molecule is CC#N.CCOP(=O)(OCC)C(C)(C#N)C/C(C)=C/Cc1c(OC)c(C)c2c(c1OCC[Si](C)(C)C)C(=O)OC2.COc1c(C)c2c(c(O)c1C/C=C(\C)CC(C)(C#N)P(=O)(O)O)C(=O)OC2. The van der Waals surface area contributed by atoms with E-state index in [1.165, 1.54) is 21.0 Å². The maximum absolute atomic E-state index is 13.5. The van der Waals surface area contributed by atoms with Gasteiger partial charge in [0.05, 0.1) is 52.2 Å². The van der Waals surface area contributed by atoms with Crippen LogP contribution in [-0.4, -0.2) is 79.3 Å². The number of hydrogen-bond acceptors (Lipinski definition) is 15. The average Bonchev–Trinajstić information content (AvgIpc) is 3.84. The summed E-state index contributed by atoms with van der Waals surface area (Å²) in [6.45, 7) is 22.8. The van der Waals surface area contributed by atoms with Gasteiger partial charge in [0.15, 0.2) is 10.3 Å². The second-order valence-corrected chi connectivity index (χ2v) is 27.9. The molecule has 0 aromatic heterocycles. The van der Waals surface area contributed by atoms with Gasteiger partial charge in [-0.2, -0.15) is 15.8 Å². The van der Waals surface area contributed by atoms with Gasteiger partial charge in [-0.1, -0.05) is 42.9 Å². The van der Waals surface area contributed by atoms with Crippen LogP contribution in [0.5, 0.6) is 23.0 Å². The van der Waals surface area contributed by atoms with Gasteiger partial charge in [-0.3, -0.25) is 9.13 Å². The number of ether oxygens (including phenoxy) is 5. The Bertz CT molecular complexity index is 2450. The van der Waals surface area contributed by atoms with Crippen molar-refractivity contribution in [3.05, 3.63) is 67.8 Å². The second kappa shape index (κ2) is 24.4. The Balaban J connectivity index is 0.000000453. The van der Waals surface area contributed by atoms with E-state index in [1.54, 1.807) is 59.9 Å². The number of benzene rings is 2. The fourth-order valence-corrected chi connectivity index (χ4v) is 10.7. The first-order chi connectivity index (χ1) is 31.1. The molecule has 2 heterocycles. The van der Waals surface area contributed by atoms with Crippen molar-refractivity contribution in [1.82, 2.24) is 0 Å². The molecule has 17 nitrogen and oxygen atoms in total. The van der Waals surface area contributed by atoms with Gasteiger partial charge in [0.2, 0.25) is 0 Å². The molecular weight excluding hydrogens is 921 g/mol. The number of aromatic hydroxyl groups is 1. The Morgan fingerprint density at radius 1 is 0.776 bits per heavy atom. The molecule has 0 fully saturated rings. The predicted molar refractivity (Wildman–Crippen MR) is 255 cm³/mol. The number of carbonyl (C=O) groups excluding carboxylic acids is 2. The largest absolute Gasteiger partial charge is 0.507 e. The highest BCUT2D eigenvalue weighted by Crippen LogP contribution is 2.62. The number of nitrogens with zero attached hydrogens (tertiary/aromatic N) is 3. The van der Waals surface area contributed by atoms with Crippen LogP contribution in [0.4, 0.5) is 0 Å². The summed E-state index contributed by atoms with van der Waals surface area (Å²) in [4.78, 5) is 43.4. The van der Waals surface area contributed by atoms with E-state index in [0.717, 1.165) is 28.3 Å². The topological polar surface area (TPSA) is 265 Å². The number of cyclic esters (lactones) is 2. The molecule has 3 N–H and O–H groups in total. The fourth-order valence-electron chi connectivity index (χ4n) is 7.51. The van der Waals surface area contributed by atoms with E-state index in [0.29, 0.717) is 58.1 Å². The van der Waals surface area contributed by atoms with Crippen LogP contribution in [-0.2, 0) is 53.7 Å². The Morgan fingerprint density at radius 2 is 1.19 bits per heavy atom. The van der Waals surface area contributed by atoms with E-state index in [1.807, 2.05) is 19.9 Å². The molecule has 2 aromatic carbocycles. The lowest BCUT2D eigenvalue weighted by Crippen LogP contribution is -2.26. The molecule has 0 aliphatic carbocycles. The Kier molecular flexibility index (Phi) is 21.2. The number of fused-ring (bicyclic) bond motifs is 2. The van der Waals surface area contributed by atoms with E-state index in [-0.39, 0.29) is 57.0 Å². The smallest absolute Gasteiger partial charge is 0.350 e. The molecule has 0 bridgehead atoms. The van der Waals surface area contributed by atoms with E-state index in [4.69, 9.17) is 38.0 Å². The standard InChI is InChI=1S/C27H42NO7PSi.C18H22NO7P.C2H3N/c1-10-34-36(30,35-11-2)27(5,18-28)16-19(3)12-13-21-24(31-6)20(4)22-17-33-26(29)23(22)25(21)32-14-15-37(7,8)9;1-10(7-18(3,9-19)27(22,23)24)5-6-12-15(20)14-13(8-26-17(14)21)11(2)16(12)25-4;1-2-3/h12H,10-11,13-17H2,1-9H3;5,20H,6-8H2,1-4H3,(H2,22,23,24);1H3/b19-12+;10-5+;. The zero-order chi connectivity index (χ0) is 51.3. The molecule has 4 rings (SSSR count). The Labute approximate surface area is 396 Å². The highest BCUT2D eigenvalue weighted by atomic mass is 31.2. The summed E-state index contributed by atoms with van der Waals surface area (Å²) in [7, 11) is -6.62.